The second kappa shape index (κ2) is 6.99. The van der Waals surface area contributed by atoms with Gasteiger partial charge in [-0.05, 0) is 18.1 Å². The maximum Gasteiger partial charge on any atom is 0.237 e. The molecule has 0 radical (unpaired) electrons. The van der Waals surface area contributed by atoms with Crippen LogP contribution in [0.5, 0.6) is 11.5 Å². The molecule has 1 amide bonds. The largest absolute Gasteiger partial charge is 0.497 e. The first-order valence-electron chi connectivity index (χ1n) is 6.23. The Morgan fingerprint density at radius 3 is 2.53 bits per heavy atom. The van der Waals surface area contributed by atoms with Crippen molar-refractivity contribution in [2.24, 2.45) is 11.7 Å². The number of amides is 1. The van der Waals surface area contributed by atoms with Crippen LogP contribution >= 0.6 is 0 Å². The van der Waals surface area contributed by atoms with Gasteiger partial charge in [0.1, 0.15) is 11.5 Å². The standard InChI is InChI=1S/C14H22N2O3/c1-9(2)13(15)14(17)16-8-10-5-6-11(18-3)7-12(10)19-4/h5-7,9,13H,8,15H2,1-4H3,(H,16,17)/t13-/m1/s1. The van der Waals surface area contributed by atoms with Gasteiger partial charge >= 0.3 is 0 Å². The number of hydrogen-bond acceptors (Lipinski definition) is 4. The Balaban J connectivity index is 2.70. The van der Waals surface area contributed by atoms with Gasteiger partial charge in [-0.15, -0.1) is 0 Å². The molecule has 5 nitrogen and oxygen atoms in total. The van der Waals surface area contributed by atoms with Crippen LogP contribution in [0.4, 0.5) is 0 Å². The van der Waals surface area contributed by atoms with Crippen LogP contribution in [0.25, 0.3) is 0 Å². The highest BCUT2D eigenvalue weighted by Gasteiger charge is 2.17. The maximum absolute atomic E-state index is 11.8. The Labute approximate surface area is 114 Å². The van der Waals surface area contributed by atoms with Gasteiger partial charge in [-0.1, -0.05) is 13.8 Å². The van der Waals surface area contributed by atoms with E-state index in [1.165, 1.54) is 0 Å². The van der Waals surface area contributed by atoms with Gasteiger partial charge in [0.2, 0.25) is 5.91 Å². The molecule has 0 aromatic heterocycles. The third-order valence-electron chi connectivity index (χ3n) is 2.97. The van der Waals surface area contributed by atoms with Gasteiger partial charge < -0.3 is 20.5 Å². The van der Waals surface area contributed by atoms with Crippen molar-refractivity contribution in [2.45, 2.75) is 26.4 Å². The molecule has 0 bridgehead atoms. The lowest BCUT2D eigenvalue weighted by Crippen LogP contribution is -2.43. The Morgan fingerprint density at radius 2 is 2.00 bits per heavy atom. The number of methoxy groups -OCH3 is 2. The zero-order chi connectivity index (χ0) is 14.4. The van der Waals surface area contributed by atoms with Crippen LogP contribution in [-0.2, 0) is 11.3 Å². The van der Waals surface area contributed by atoms with Crippen LogP contribution in [0.3, 0.4) is 0 Å². The van der Waals surface area contributed by atoms with E-state index in [0.717, 1.165) is 5.56 Å². The molecule has 0 spiro atoms. The SMILES string of the molecule is COc1ccc(CNC(=O)[C@H](N)C(C)C)c(OC)c1. The second-order valence-corrected chi connectivity index (χ2v) is 4.67. The molecule has 1 aromatic carbocycles. The minimum atomic E-state index is -0.496. The van der Waals surface area contributed by atoms with Crippen molar-refractivity contribution in [1.29, 1.82) is 0 Å². The predicted octanol–water partition coefficient (Wildman–Crippen LogP) is 1.30. The first kappa shape index (κ1) is 15.3. The molecule has 1 atom stereocenters. The van der Waals surface area contributed by atoms with Gasteiger partial charge in [-0.25, -0.2) is 0 Å². The molecular formula is C14H22N2O3. The first-order chi connectivity index (χ1) is 8.99. The highest BCUT2D eigenvalue weighted by atomic mass is 16.5. The summed E-state index contributed by atoms with van der Waals surface area (Å²) < 4.78 is 10.4. The Morgan fingerprint density at radius 1 is 1.32 bits per heavy atom. The molecule has 1 aromatic rings. The molecule has 106 valence electrons. The van der Waals surface area contributed by atoms with Crippen LogP contribution in [0.2, 0.25) is 0 Å². The number of carbonyl (C=O) groups excluding carboxylic acids is 1. The van der Waals surface area contributed by atoms with Crippen LogP contribution < -0.4 is 20.5 Å². The van der Waals surface area contributed by atoms with E-state index in [0.29, 0.717) is 18.0 Å². The van der Waals surface area contributed by atoms with Gasteiger partial charge in [0.25, 0.3) is 0 Å². The minimum absolute atomic E-state index is 0.109. The fourth-order valence-electron chi connectivity index (χ4n) is 1.60. The number of hydrogen-bond donors (Lipinski definition) is 2. The van der Waals surface area contributed by atoms with E-state index in [4.69, 9.17) is 15.2 Å². The Hall–Kier alpha value is -1.75. The fraction of sp³-hybridized carbons (Fsp3) is 0.500. The van der Waals surface area contributed by atoms with Crippen molar-refractivity contribution >= 4 is 5.91 Å². The van der Waals surface area contributed by atoms with Crippen molar-refractivity contribution in [3.05, 3.63) is 23.8 Å². The molecule has 0 aliphatic carbocycles. The zero-order valence-corrected chi connectivity index (χ0v) is 11.9. The summed E-state index contributed by atoms with van der Waals surface area (Å²) in [6.07, 6.45) is 0. The molecule has 5 heteroatoms. The van der Waals surface area contributed by atoms with Crippen molar-refractivity contribution < 1.29 is 14.3 Å². The normalized spacial score (nSPS) is 12.1. The third kappa shape index (κ3) is 4.13. The lowest BCUT2D eigenvalue weighted by Gasteiger charge is -2.16. The van der Waals surface area contributed by atoms with Gasteiger partial charge in [-0.2, -0.15) is 0 Å². The molecule has 0 aliphatic rings. The number of ether oxygens (including phenoxy) is 2. The number of rotatable bonds is 6. The van der Waals surface area contributed by atoms with E-state index < -0.39 is 6.04 Å². The molecule has 0 heterocycles. The van der Waals surface area contributed by atoms with Gasteiger partial charge in [0, 0.05) is 18.2 Å². The second-order valence-electron chi connectivity index (χ2n) is 4.67. The number of benzene rings is 1. The lowest BCUT2D eigenvalue weighted by molar-refractivity contribution is -0.123. The number of carbonyl (C=O) groups is 1. The van der Waals surface area contributed by atoms with Crippen LogP contribution in [0, 0.1) is 5.92 Å². The average Bonchev–Trinajstić information content (AvgIpc) is 2.43. The number of nitrogens with two attached hydrogens (primary N) is 1. The summed E-state index contributed by atoms with van der Waals surface area (Å²) in [7, 11) is 3.18. The summed E-state index contributed by atoms with van der Waals surface area (Å²) in [6, 6.07) is 4.97. The molecule has 0 aliphatic heterocycles. The highest BCUT2D eigenvalue weighted by Crippen LogP contribution is 2.24. The quantitative estimate of drug-likeness (QED) is 0.814. The van der Waals surface area contributed by atoms with E-state index in [9.17, 15) is 4.79 Å². The van der Waals surface area contributed by atoms with E-state index in [2.05, 4.69) is 5.32 Å². The lowest BCUT2D eigenvalue weighted by atomic mass is 10.0. The molecule has 19 heavy (non-hydrogen) atoms. The molecule has 0 fully saturated rings. The summed E-state index contributed by atoms with van der Waals surface area (Å²) in [6.45, 7) is 4.21. The number of nitrogens with one attached hydrogen (secondary N) is 1. The fourth-order valence-corrected chi connectivity index (χ4v) is 1.60. The van der Waals surface area contributed by atoms with Crippen LogP contribution in [0.1, 0.15) is 19.4 Å². The van der Waals surface area contributed by atoms with Crippen molar-refractivity contribution in [2.75, 3.05) is 14.2 Å². The van der Waals surface area contributed by atoms with Crippen molar-refractivity contribution in [1.82, 2.24) is 5.32 Å². The summed E-state index contributed by atoms with van der Waals surface area (Å²) in [5, 5.41) is 2.81. The van der Waals surface area contributed by atoms with Gasteiger partial charge in [0.05, 0.1) is 20.3 Å². The summed E-state index contributed by atoms with van der Waals surface area (Å²) in [4.78, 5) is 11.8. The Kier molecular flexibility index (Phi) is 5.63. The summed E-state index contributed by atoms with van der Waals surface area (Å²) in [5.74, 6) is 1.34. The highest BCUT2D eigenvalue weighted by molar-refractivity contribution is 5.81. The molecule has 0 unspecified atom stereocenters. The minimum Gasteiger partial charge on any atom is -0.497 e. The van der Waals surface area contributed by atoms with Crippen molar-refractivity contribution in [3.63, 3.8) is 0 Å². The van der Waals surface area contributed by atoms with E-state index >= 15 is 0 Å². The van der Waals surface area contributed by atoms with E-state index in [-0.39, 0.29) is 11.8 Å². The van der Waals surface area contributed by atoms with Crippen LogP contribution in [0.15, 0.2) is 18.2 Å². The van der Waals surface area contributed by atoms with E-state index in [1.54, 1.807) is 20.3 Å². The van der Waals surface area contributed by atoms with Gasteiger partial charge in [-0.3, -0.25) is 4.79 Å². The maximum atomic E-state index is 11.8. The monoisotopic (exact) mass is 266 g/mol. The smallest absolute Gasteiger partial charge is 0.237 e. The summed E-state index contributed by atoms with van der Waals surface area (Å²) in [5.41, 5.74) is 6.66. The first-order valence-corrected chi connectivity index (χ1v) is 6.23. The average molecular weight is 266 g/mol. The molecule has 1 rings (SSSR count). The summed E-state index contributed by atoms with van der Waals surface area (Å²) >= 11 is 0. The van der Waals surface area contributed by atoms with E-state index in [1.807, 2.05) is 26.0 Å². The molecule has 0 saturated heterocycles. The molecule has 3 N–H and O–H groups in total. The molecular weight excluding hydrogens is 244 g/mol. The molecule has 0 saturated carbocycles. The Bertz CT molecular complexity index is 433. The zero-order valence-electron chi connectivity index (χ0n) is 11.9. The van der Waals surface area contributed by atoms with Crippen LogP contribution in [-0.4, -0.2) is 26.2 Å². The predicted molar refractivity (Wildman–Crippen MR) is 74.2 cm³/mol. The topological polar surface area (TPSA) is 73.6 Å². The third-order valence-corrected chi connectivity index (χ3v) is 2.97. The van der Waals surface area contributed by atoms with Crippen molar-refractivity contribution in [3.8, 4) is 11.5 Å². The van der Waals surface area contributed by atoms with Gasteiger partial charge in [0.15, 0.2) is 0 Å².